The van der Waals surface area contributed by atoms with E-state index in [0.717, 1.165) is 73.2 Å². The van der Waals surface area contributed by atoms with Crippen LogP contribution in [0.1, 0.15) is 12.8 Å². The Bertz CT molecular complexity index is 1090. The van der Waals surface area contributed by atoms with Crippen molar-refractivity contribution in [2.45, 2.75) is 12.8 Å². The van der Waals surface area contributed by atoms with Gasteiger partial charge >= 0.3 is 0 Å². The van der Waals surface area contributed by atoms with Crippen molar-refractivity contribution >= 4 is 33.1 Å². The molecule has 0 spiro atoms. The number of nitrogens with zero attached hydrogens (tertiary/aromatic N) is 3. The number of likely N-dealkylation sites (N-methyl/N-ethyl adjacent to an activating group) is 1. The van der Waals surface area contributed by atoms with E-state index in [1.807, 2.05) is 42.6 Å². The third-order valence-electron chi connectivity index (χ3n) is 5.81. The molecule has 2 heterocycles. The van der Waals surface area contributed by atoms with Gasteiger partial charge in [-0.25, -0.2) is 0 Å². The number of anilines is 2. The molecule has 0 atom stereocenters. The average Bonchev–Trinajstić information content (AvgIpc) is 3.06. The first kappa shape index (κ1) is 20.6. The van der Waals surface area contributed by atoms with Crippen LogP contribution in [0.2, 0.25) is 0 Å². The highest BCUT2D eigenvalue weighted by Gasteiger charge is 2.14. The lowest BCUT2D eigenvalue weighted by atomic mass is 10.1. The molecule has 30 heavy (non-hydrogen) atoms. The molecule has 1 aromatic heterocycles. The molecule has 0 aliphatic carbocycles. The number of hydrogen-bond acceptors (Lipinski definition) is 6. The quantitative estimate of drug-likeness (QED) is 0.634. The zero-order chi connectivity index (χ0) is 20.9. The molecule has 1 fully saturated rings. The van der Waals surface area contributed by atoms with Gasteiger partial charge in [-0.2, -0.15) is 0 Å². The molecule has 2 aromatic carbocycles. The van der Waals surface area contributed by atoms with E-state index in [0.29, 0.717) is 12.0 Å². The van der Waals surface area contributed by atoms with Crippen molar-refractivity contribution < 1.29 is 4.74 Å². The molecule has 1 N–H and O–H groups in total. The molecule has 158 valence electrons. The highest BCUT2D eigenvalue weighted by molar-refractivity contribution is 5.94. The minimum atomic E-state index is 0.0341. The number of ether oxygens (including phenoxy) is 1. The van der Waals surface area contributed by atoms with Crippen LogP contribution in [-0.4, -0.2) is 63.4 Å². The highest BCUT2D eigenvalue weighted by Crippen LogP contribution is 2.22. The van der Waals surface area contributed by atoms with E-state index in [-0.39, 0.29) is 5.43 Å². The monoisotopic (exact) mass is 406 g/mol. The standard InChI is InChI=1S/C24H30N4O2/c1-27-10-4-11-28(13-12-27)20-16-22-23(26-17-20)8-6-18-5-7-19(15-21(18)24(22)29)25-9-3-14-30-2/h5-8,15-17,25H,3-4,9-14H2,1-2H3. The van der Waals surface area contributed by atoms with Crippen molar-refractivity contribution in [2.24, 2.45) is 0 Å². The molecule has 0 radical (unpaired) electrons. The summed E-state index contributed by atoms with van der Waals surface area (Å²) in [4.78, 5) is 22.8. The van der Waals surface area contributed by atoms with Crippen LogP contribution in [0.5, 0.6) is 0 Å². The maximum atomic E-state index is 13.5. The van der Waals surface area contributed by atoms with Gasteiger partial charge in [0, 0.05) is 51.0 Å². The normalized spacial score (nSPS) is 15.5. The zero-order valence-electron chi connectivity index (χ0n) is 17.9. The van der Waals surface area contributed by atoms with Gasteiger partial charge in [0.15, 0.2) is 5.43 Å². The third kappa shape index (κ3) is 4.55. The van der Waals surface area contributed by atoms with Crippen LogP contribution in [0.15, 0.2) is 47.4 Å². The predicted molar refractivity (Wildman–Crippen MR) is 125 cm³/mol. The summed E-state index contributed by atoms with van der Waals surface area (Å²) in [5.74, 6) is 0. The Morgan fingerprint density at radius 3 is 2.80 bits per heavy atom. The molecule has 1 aliphatic heterocycles. The van der Waals surface area contributed by atoms with Crippen molar-refractivity contribution in [1.29, 1.82) is 0 Å². The molecule has 1 aliphatic rings. The van der Waals surface area contributed by atoms with E-state index < -0.39 is 0 Å². The van der Waals surface area contributed by atoms with Gasteiger partial charge in [-0.3, -0.25) is 9.78 Å². The Morgan fingerprint density at radius 1 is 1.07 bits per heavy atom. The van der Waals surface area contributed by atoms with Gasteiger partial charge in [0.05, 0.1) is 22.8 Å². The molecule has 6 heteroatoms. The van der Waals surface area contributed by atoms with E-state index in [9.17, 15) is 4.79 Å². The minimum absolute atomic E-state index is 0.0341. The lowest BCUT2D eigenvalue weighted by Crippen LogP contribution is -2.28. The van der Waals surface area contributed by atoms with Crippen LogP contribution < -0.4 is 15.6 Å². The van der Waals surface area contributed by atoms with Crippen molar-refractivity contribution in [3.8, 4) is 0 Å². The fourth-order valence-corrected chi connectivity index (χ4v) is 4.03. The Kier molecular flexibility index (Phi) is 6.45. The van der Waals surface area contributed by atoms with Crippen molar-refractivity contribution in [3.63, 3.8) is 0 Å². The molecule has 1 saturated heterocycles. The van der Waals surface area contributed by atoms with E-state index in [4.69, 9.17) is 4.74 Å². The van der Waals surface area contributed by atoms with Crippen LogP contribution in [0.3, 0.4) is 0 Å². The minimum Gasteiger partial charge on any atom is -0.385 e. The Balaban J connectivity index is 1.71. The first-order valence-electron chi connectivity index (χ1n) is 10.7. The number of pyridine rings is 1. The van der Waals surface area contributed by atoms with Gasteiger partial charge in [0.25, 0.3) is 0 Å². The second-order valence-corrected chi connectivity index (χ2v) is 8.01. The van der Waals surface area contributed by atoms with E-state index >= 15 is 0 Å². The largest absolute Gasteiger partial charge is 0.385 e. The number of methoxy groups -OCH3 is 1. The van der Waals surface area contributed by atoms with Crippen LogP contribution >= 0.6 is 0 Å². The van der Waals surface area contributed by atoms with Crippen molar-refractivity contribution in [3.05, 3.63) is 52.8 Å². The summed E-state index contributed by atoms with van der Waals surface area (Å²) in [6.07, 6.45) is 3.94. The van der Waals surface area contributed by atoms with Crippen molar-refractivity contribution in [2.75, 3.05) is 63.7 Å². The predicted octanol–water partition coefficient (Wildman–Crippen LogP) is 3.34. The average molecular weight is 407 g/mol. The van der Waals surface area contributed by atoms with E-state index in [1.54, 1.807) is 7.11 Å². The fourth-order valence-electron chi connectivity index (χ4n) is 4.03. The van der Waals surface area contributed by atoms with Crippen LogP contribution in [0, 0.1) is 0 Å². The maximum absolute atomic E-state index is 13.5. The van der Waals surface area contributed by atoms with Gasteiger partial charge in [-0.1, -0.05) is 12.1 Å². The highest BCUT2D eigenvalue weighted by atomic mass is 16.5. The third-order valence-corrected chi connectivity index (χ3v) is 5.81. The van der Waals surface area contributed by atoms with Crippen molar-refractivity contribution in [1.82, 2.24) is 9.88 Å². The molecular weight excluding hydrogens is 376 g/mol. The fraction of sp³-hybridized carbons (Fsp3) is 0.417. The lowest BCUT2D eigenvalue weighted by molar-refractivity contribution is 0.198. The summed E-state index contributed by atoms with van der Waals surface area (Å²) in [7, 11) is 3.86. The van der Waals surface area contributed by atoms with Gasteiger partial charge < -0.3 is 19.9 Å². The zero-order valence-corrected chi connectivity index (χ0v) is 17.9. The second kappa shape index (κ2) is 9.41. The smallest absolute Gasteiger partial charge is 0.195 e. The Labute approximate surface area is 177 Å². The van der Waals surface area contributed by atoms with Crippen LogP contribution in [0.25, 0.3) is 21.7 Å². The first-order valence-corrected chi connectivity index (χ1v) is 10.7. The summed E-state index contributed by atoms with van der Waals surface area (Å²) in [5, 5.41) is 5.71. The summed E-state index contributed by atoms with van der Waals surface area (Å²) in [6, 6.07) is 11.9. The number of hydrogen-bond donors (Lipinski definition) is 1. The topological polar surface area (TPSA) is 57.7 Å². The van der Waals surface area contributed by atoms with Crippen LogP contribution in [-0.2, 0) is 4.74 Å². The SMILES string of the molecule is COCCCNc1ccc2ccc3ncc(N4CCCN(C)CC4)cc3c(=O)c2c1. The molecule has 0 bridgehead atoms. The van der Waals surface area contributed by atoms with Gasteiger partial charge in [0.1, 0.15) is 0 Å². The number of fused-ring (bicyclic) bond motifs is 2. The molecule has 6 nitrogen and oxygen atoms in total. The van der Waals surface area contributed by atoms with Gasteiger partial charge in [-0.05, 0) is 56.1 Å². The molecule has 0 unspecified atom stereocenters. The lowest BCUT2D eigenvalue weighted by Gasteiger charge is -2.22. The summed E-state index contributed by atoms with van der Waals surface area (Å²) >= 11 is 0. The Hall–Kier alpha value is -2.70. The molecule has 3 aromatic rings. The number of nitrogens with one attached hydrogen (secondary N) is 1. The van der Waals surface area contributed by atoms with Gasteiger partial charge in [-0.15, -0.1) is 0 Å². The number of rotatable bonds is 6. The van der Waals surface area contributed by atoms with E-state index in [2.05, 4.69) is 27.1 Å². The summed E-state index contributed by atoms with van der Waals surface area (Å²) < 4.78 is 5.10. The second-order valence-electron chi connectivity index (χ2n) is 8.01. The molecule has 0 saturated carbocycles. The molecular formula is C24H30N4O2. The number of benzene rings is 1. The van der Waals surface area contributed by atoms with Crippen LogP contribution in [0.4, 0.5) is 11.4 Å². The Morgan fingerprint density at radius 2 is 1.93 bits per heavy atom. The molecule has 4 rings (SSSR count). The maximum Gasteiger partial charge on any atom is 0.195 e. The first-order chi connectivity index (χ1) is 14.7. The van der Waals surface area contributed by atoms with Gasteiger partial charge in [0.2, 0.25) is 0 Å². The summed E-state index contributed by atoms with van der Waals surface area (Å²) in [6.45, 7) is 5.58. The number of aromatic nitrogens is 1. The van der Waals surface area contributed by atoms with E-state index in [1.165, 1.54) is 0 Å². The molecule has 0 amide bonds. The summed E-state index contributed by atoms with van der Waals surface area (Å²) in [5.41, 5.74) is 2.76.